The van der Waals surface area contributed by atoms with Crippen molar-refractivity contribution in [3.05, 3.63) is 0 Å². The molecule has 2 aliphatic rings. The lowest BCUT2D eigenvalue weighted by Crippen LogP contribution is -2.66. The predicted octanol–water partition coefficient (Wildman–Crippen LogP) is -1.10. The van der Waals surface area contributed by atoms with Crippen molar-refractivity contribution >= 4 is 17.8 Å². The van der Waals surface area contributed by atoms with E-state index in [0.717, 1.165) is 0 Å². The van der Waals surface area contributed by atoms with Crippen molar-refractivity contribution < 1.29 is 19.1 Å². The Morgan fingerprint density at radius 1 is 1.15 bits per heavy atom. The van der Waals surface area contributed by atoms with E-state index in [2.05, 4.69) is 0 Å². The maximum atomic E-state index is 11.3. The molecule has 0 bridgehead atoms. The Hall–Kier alpha value is -1.43. The van der Waals surface area contributed by atoms with Crippen molar-refractivity contribution in [1.29, 1.82) is 0 Å². The molecule has 2 heterocycles. The number of hydrogen-bond donors (Lipinski definition) is 2. The van der Waals surface area contributed by atoms with Gasteiger partial charge in [0.1, 0.15) is 0 Å². The van der Waals surface area contributed by atoms with Crippen LogP contribution in [0.4, 0.5) is 4.79 Å². The topological polar surface area (TPSA) is 84.5 Å². The smallest absolute Gasteiger partial charge is 0.328 e. The number of rotatable bonds is 0. The second-order valence-electron chi connectivity index (χ2n) is 3.02. The lowest BCUT2D eigenvalue weighted by Gasteiger charge is -2.28. The first-order valence-electron chi connectivity index (χ1n) is 3.96. The van der Waals surface area contributed by atoms with Gasteiger partial charge in [-0.1, -0.05) is 0 Å². The maximum Gasteiger partial charge on any atom is 0.328 e. The number of carbonyl (C=O) groups is 3. The van der Waals surface area contributed by atoms with E-state index in [4.69, 9.17) is 4.74 Å². The molecule has 6 nitrogen and oxygen atoms in total. The second-order valence-corrected chi connectivity index (χ2v) is 3.02. The Morgan fingerprint density at radius 3 is 2.23 bits per heavy atom. The standard InChI is InChI=1S/C7H8N2O4/c10-4-7(2-1-3-13-7)5(11)9-6(12)8-4/h1-3H2,(H2,8,9,10,11,12). The molecule has 2 rings (SSSR count). The van der Waals surface area contributed by atoms with E-state index in [1.807, 2.05) is 10.6 Å². The zero-order valence-electron chi connectivity index (χ0n) is 6.75. The zero-order valence-corrected chi connectivity index (χ0v) is 6.75. The van der Waals surface area contributed by atoms with Gasteiger partial charge in [0.05, 0.1) is 0 Å². The molecule has 2 fully saturated rings. The summed E-state index contributed by atoms with van der Waals surface area (Å²) in [6.45, 7) is 0.370. The molecule has 6 heteroatoms. The summed E-state index contributed by atoms with van der Waals surface area (Å²) in [4.78, 5) is 33.3. The van der Waals surface area contributed by atoms with Crippen LogP contribution in [0.3, 0.4) is 0 Å². The Bertz CT molecular complexity index is 271. The van der Waals surface area contributed by atoms with Crippen molar-refractivity contribution in [1.82, 2.24) is 10.6 Å². The van der Waals surface area contributed by atoms with Crippen molar-refractivity contribution in [3.63, 3.8) is 0 Å². The summed E-state index contributed by atoms with van der Waals surface area (Å²) in [5, 5.41) is 4.02. The number of nitrogens with one attached hydrogen (secondary N) is 2. The van der Waals surface area contributed by atoms with Crippen LogP contribution in [0.25, 0.3) is 0 Å². The van der Waals surface area contributed by atoms with Crippen LogP contribution in [0.1, 0.15) is 12.8 Å². The molecule has 2 aliphatic heterocycles. The van der Waals surface area contributed by atoms with Gasteiger partial charge in [0.15, 0.2) is 0 Å². The maximum absolute atomic E-state index is 11.3. The normalized spacial score (nSPS) is 26.0. The molecule has 0 unspecified atom stereocenters. The quantitative estimate of drug-likeness (QED) is 0.468. The summed E-state index contributed by atoms with van der Waals surface area (Å²) < 4.78 is 5.08. The molecule has 70 valence electrons. The van der Waals surface area contributed by atoms with Crippen molar-refractivity contribution in [2.45, 2.75) is 18.4 Å². The van der Waals surface area contributed by atoms with E-state index in [1.54, 1.807) is 0 Å². The first-order valence-corrected chi connectivity index (χ1v) is 3.96. The highest BCUT2D eigenvalue weighted by molar-refractivity contribution is 6.21. The minimum atomic E-state index is -1.45. The molecule has 0 aromatic rings. The lowest BCUT2D eigenvalue weighted by atomic mass is 9.96. The minimum Gasteiger partial charge on any atom is -0.356 e. The third-order valence-corrected chi connectivity index (χ3v) is 2.21. The molecule has 13 heavy (non-hydrogen) atoms. The number of ether oxygens (including phenoxy) is 1. The molecule has 0 aromatic carbocycles. The molecule has 2 saturated heterocycles. The Labute approximate surface area is 73.6 Å². The van der Waals surface area contributed by atoms with Gasteiger partial charge in [-0.05, 0) is 12.8 Å². The van der Waals surface area contributed by atoms with Crippen LogP contribution in [0.5, 0.6) is 0 Å². The fraction of sp³-hybridized carbons (Fsp3) is 0.571. The van der Waals surface area contributed by atoms with Crippen LogP contribution >= 0.6 is 0 Å². The number of urea groups is 1. The van der Waals surface area contributed by atoms with Gasteiger partial charge in [-0.2, -0.15) is 0 Å². The SMILES string of the molecule is O=C1NC(=O)C2(CCCO2)C(=O)N1. The average molecular weight is 184 g/mol. The summed E-state index contributed by atoms with van der Waals surface area (Å²) >= 11 is 0. The highest BCUT2D eigenvalue weighted by Crippen LogP contribution is 2.27. The van der Waals surface area contributed by atoms with Crippen molar-refractivity contribution in [3.8, 4) is 0 Å². The fourth-order valence-electron chi connectivity index (χ4n) is 1.54. The summed E-state index contributed by atoms with van der Waals surface area (Å²) in [6.07, 6.45) is 0.979. The molecule has 0 saturated carbocycles. The largest absolute Gasteiger partial charge is 0.356 e. The van der Waals surface area contributed by atoms with Crippen LogP contribution in [-0.4, -0.2) is 30.1 Å². The van der Waals surface area contributed by atoms with E-state index in [-0.39, 0.29) is 0 Å². The number of carbonyl (C=O) groups excluding carboxylic acids is 3. The zero-order chi connectivity index (χ0) is 9.47. The third-order valence-electron chi connectivity index (χ3n) is 2.21. The molecular formula is C7H8N2O4. The molecule has 0 aliphatic carbocycles. The molecule has 0 radical (unpaired) electrons. The Balaban J connectivity index is 2.31. The van der Waals surface area contributed by atoms with Crippen LogP contribution in [0.15, 0.2) is 0 Å². The average Bonchev–Trinajstić information content (AvgIpc) is 2.50. The summed E-state index contributed by atoms with van der Waals surface area (Å²) in [5.74, 6) is -1.31. The molecule has 2 N–H and O–H groups in total. The van der Waals surface area contributed by atoms with Crippen LogP contribution < -0.4 is 10.6 Å². The highest BCUT2D eigenvalue weighted by Gasteiger charge is 2.53. The Morgan fingerprint density at radius 2 is 1.77 bits per heavy atom. The van der Waals surface area contributed by atoms with Gasteiger partial charge < -0.3 is 4.74 Å². The number of amides is 4. The molecule has 1 spiro atoms. The van der Waals surface area contributed by atoms with E-state index >= 15 is 0 Å². The lowest BCUT2D eigenvalue weighted by molar-refractivity contribution is -0.155. The monoisotopic (exact) mass is 184 g/mol. The summed E-state index contributed by atoms with van der Waals surface area (Å²) in [5.41, 5.74) is -1.45. The third kappa shape index (κ3) is 1.02. The summed E-state index contributed by atoms with van der Waals surface area (Å²) in [6, 6.07) is -0.781. The van der Waals surface area contributed by atoms with Gasteiger partial charge in [-0.15, -0.1) is 0 Å². The first kappa shape index (κ1) is 8.18. The summed E-state index contributed by atoms with van der Waals surface area (Å²) in [7, 11) is 0. The van der Waals surface area contributed by atoms with E-state index in [0.29, 0.717) is 19.4 Å². The second kappa shape index (κ2) is 2.53. The first-order chi connectivity index (χ1) is 6.15. The molecule has 0 atom stereocenters. The van der Waals surface area contributed by atoms with Gasteiger partial charge >= 0.3 is 6.03 Å². The van der Waals surface area contributed by atoms with Crippen LogP contribution in [-0.2, 0) is 14.3 Å². The van der Waals surface area contributed by atoms with E-state index in [9.17, 15) is 14.4 Å². The van der Waals surface area contributed by atoms with Crippen LogP contribution in [0.2, 0.25) is 0 Å². The van der Waals surface area contributed by atoms with Crippen molar-refractivity contribution in [2.75, 3.05) is 6.61 Å². The van der Waals surface area contributed by atoms with E-state index in [1.165, 1.54) is 0 Å². The van der Waals surface area contributed by atoms with Gasteiger partial charge in [0, 0.05) is 6.61 Å². The minimum absolute atomic E-state index is 0.331. The van der Waals surface area contributed by atoms with Crippen LogP contribution in [0, 0.1) is 0 Å². The molecular weight excluding hydrogens is 176 g/mol. The number of hydrogen-bond acceptors (Lipinski definition) is 4. The van der Waals surface area contributed by atoms with Gasteiger partial charge in [0.2, 0.25) is 5.60 Å². The fourth-order valence-corrected chi connectivity index (χ4v) is 1.54. The molecule has 0 aromatic heterocycles. The predicted molar refractivity (Wildman–Crippen MR) is 39.6 cm³/mol. The number of barbiturate groups is 1. The van der Waals surface area contributed by atoms with Gasteiger partial charge in [0.25, 0.3) is 11.8 Å². The van der Waals surface area contributed by atoms with Crippen molar-refractivity contribution in [2.24, 2.45) is 0 Å². The molecule has 4 amide bonds. The van der Waals surface area contributed by atoms with Gasteiger partial charge in [-0.25, -0.2) is 4.79 Å². The van der Waals surface area contributed by atoms with Gasteiger partial charge in [-0.3, -0.25) is 20.2 Å². The van der Waals surface area contributed by atoms with E-state index < -0.39 is 23.4 Å². The highest BCUT2D eigenvalue weighted by atomic mass is 16.5. The number of imide groups is 2. The Kier molecular flexibility index (Phi) is 1.59.